The molecule has 0 atom stereocenters. The first-order valence-corrected chi connectivity index (χ1v) is 6.29. The Hall–Kier alpha value is -1.71. The molecular weight excluding hydrogens is 242 g/mol. The zero-order valence-corrected chi connectivity index (χ0v) is 12.6. The van der Waals surface area contributed by atoms with Crippen molar-refractivity contribution in [1.82, 2.24) is 5.32 Å². The first-order chi connectivity index (χ1) is 8.81. The molecule has 0 aliphatic rings. The maximum Gasteiger partial charge on any atom is 0.406 e. The quantitative estimate of drug-likeness (QED) is 0.910. The third-order valence-electron chi connectivity index (χ3n) is 3.21. The molecule has 0 spiro atoms. The molecule has 4 nitrogen and oxygen atoms in total. The summed E-state index contributed by atoms with van der Waals surface area (Å²) in [6.45, 7) is 8.71. The molecule has 1 N–H and O–H groups in total. The molecule has 19 heavy (non-hydrogen) atoms. The van der Waals surface area contributed by atoms with Gasteiger partial charge < -0.3 is 14.8 Å². The molecule has 0 unspecified atom stereocenters. The van der Waals surface area contributed by atoms with Crippen LogP contribution in [0.5, 0.6) is 5.75 Å². The third kappa shape index (κ3) is 3.63. The molecule has 1 amide bonds. The SMILES string of the molecule is COC(=O)NCC(C)(C)c1cc(C)cc(C)c1OC. The van der Waals surface area contributed by atoms with Gasteiger partial charge in [-0.05, 0) is 19.4 Å². The summed E-state index contributed by atoms with van der Waals surface area (Å²) in [5.74, 6) is 0.877. The van der Waals surface area contributed by atoms with Gasteiger partial charge in [0.2, 0.25) is 0 Å². The summed E-state index contributed by atoms with van der Waals surface area (Å²) >= 11 is 0. The number of nitrogens with one attached hydrogen (secondary N) is 1. The van der Waals surface area contributed by atoms with Crippen molar-refractivity contribution in [2.75, 3.05) is 20.8 Å². The number of alkyl carbamates (subject to hydrolysis) is 1. The highest BCUT2D eigenvalue weighted by atomic mass is 16.5. The number of carbonyl (C=O) groups is 1. The van der Waals surface area contributed by atoms with Crippen LogP contribution < -0.4 is 10.1 Å². The Balaban J connectivity index is 3.09. The highest BCUT2D eigenvalue weighted by Crippen LogP contribution is 2.34. The van der Waals surface area contributed by atoms with Crippen LogP contribution >= 0.6 is 0 Å². The van der Waals surface area contributed by atoms with Gasteiger partial charge in [-0.25, -0.2) is 4.79 Å². The van der Waals surface area contributed by atoms with Crippen LogP contribution in [0.2, 0.25) is 0 Å². The molecule has 0 aromatic heterocycles. The highest BCUT2D eigenvalue weighted by Gasteiger charge is 2.26. The van der Waals surface area contributed by atoms with Crippen molar-refractivity contribution in [1.29, 1.82) is 0 Å². The van der Waals surface area contributed by atoms with E-state index < -0.39 is 6.09 Å². The van der Waals surface area contributed by atoms with Crippen molar-refractivity contribution in [3.05, 3.63) is 28.8 Å². The monoisotopic (exact) mass is 265 g/mol. The Kier molecular flexibility index (Phi) is 4.81. The average Bonchev–Trinajstić information content (AvgIpc) is 2.35. The molecule has 0 aliphatic heterocycles. The summed E-state index contributed by atoms with van der Waals surface area (Å²) < 4.78 is 10.1. The van der Waals surface area contributed by atoms with Crippen LogP contribution in [0.1, 0.15) is 30.5 Å². The number of hydrogen-bond acceptors (Lipinski definition) is 3. The van der Waals surface area contributed by atoms with E-state index >= 15 is 0 Å². The van der Waals surface area contributed by atoms with Crippen LogP contribution in [0.4, 0.5) is 4.79 Å². The van der Waals surface area contributed by atoms with Crippen LogP contribution in [0, 0.1) is 13.8 Å². The maximum absolute atomic E-state index is 11.2. The standard InChI is InChI=1S/C15H23NO3/c1-10-7-11(2)13(18-5)12(8-10)15(3,4)9-16-14(17)19-6/h7-8H,9H2,1-6H3,(H,16,17). The van der Waals surface area contributed by atoms with Gasteiger partial charge in [0.05, 0.1) is 14.2 Å². The lowest BCUT2D eigenvalue weighted by molar-refractivity contribution is 0.168. The van der Waals surface area contributed by atoms with Gasteiger partial charge in [0, 0.05) is 17.5 Å². The number of ether oxygens (including phenoxy) is 2. The van der Waals surface area contributed by atoms with Crippen molar-refractivity contribution in [2.45, 2.75) is 33.1 Å². The van der Waals surface area contributed by atoms with E-state index in [1.165, 1.54) is 12.7 Å². The van der Waals surface area contributed by atoms with Crippen LogP contribution in [0.3, 0.4) is 0 Å². The van der Waals surface area contributed by atoms with Gasteiger partial charge in [-0.3, -0.25) is 0 Å². The minimum atomic E-state index is -0.420. The first-order valence-electron chi connectivity index (χ1n) is 6.29. The topological polar surface area (TPSA) is 47.6 Å². The van der Waals surface area contributed by atoms with Gasteiger partial charge in [-0.1, -0.05) is 31.5 Å². The Morgan fingerprint density at radius 2 is 1.89 bits per heavy atom. The number of benzene rings is 1. The molecular formula is C15H23NO3. The smallest absolute Gasteiger partial charge is 0.406 e. The molecule has 1 aromatic carbocycles. The molecule has 1 aromatic rings. The van der Waals surface area contributed by atoms with Crippen molar-refractivity contribution < 1.29 is 14.3 Å². The second-order valence-corrected chi connectivity index (χ2v) is 5.39. The Morgan fingerprint density at radius 1 is 1.26 bits per heavy atom. The van der Waals surface area contributed by atoms with Crippen molar-refractivity contribution in [3.8, 4) is 5.75 Å². The van der Waals surface area contributed by atoms with Gasteiger partial charge in [-0.2, -0.15) is 0 Å². The molecule has 1 rings (SSSR count). The summed E-state index contributed by atoms with van der Waals surface area (Å²) in [4.78, 5) is 11.2. The number of amides is 1. The number of hydrogen-bond donors (Lipinski definition) is 1. The predicted octanol–water partition coefficient (Wildman–Crippen LogP) is 2.95. The van der Waals surface area contributed by atoms with Gasteiger partial charge in [0.1, 0.15) is 5.75 Å². The van der Waals surface area contributed by atoms with Gasteiger partial charge in [0.25, 0.3) is 0 Å². The minimum absolute atomic E-state index is 0.240. The van der Waals surface area contributed by atoms with Gasteiger partial charge >= 0.3 is 6.09 Å². The summed E-state index contributed by atoms with van der Waals surface area (Å²) in [6, 6.07) is 4.19. The van der Waals surface area contributed by atoms with Crippen LogP contribution in [0.15, 0.2) is 12.1 Å². The molecule has 0 saturated heterocycles. The number of aryl methyl sites for hydroxylation is 2. The van der Waals surface area contributed by atoms with E-state index in [1.807, 2.05) is 6.92 Å². The number of rotatable bonds is 4. The van der Waals surface area contributed by atoms with E-state index in [1.54, 1.807) is 7.11 Å². The molecule has 0 radical (unpaired) electrons. The van der Waals surface area contributed by atoms with Crippen molar-refractivity contribution in [2.24, 2.45) is 0 Å². The minimum Gasteiger partial charge on any atom is -0.496 e. The van der Waals surface area contributed by atoms with E-state index in [0.29, 0.717) is 6.54 Å². The van der Waals surface area contributed by atoms with E-state index in [2.05, 4.69) is 43.0 Å². The van der Waals surface area contributed by atoms with Crippen LogP contribution in [0.25, 0.3) is 0 Å². The van der Waals surface area contributed by atoms with E-state index in [9.17, 15) is 4.79 Å². The number of methoxy groups -OCH3 is 2. The molecule has 106 valence electrons. The number of carbonyl (C=O) groups excluding carboxylic acids is 1. The lowest BCUT2D eigenvalue weighted by Crippen LogP contribution is -2.37. The molecule has 0 fully saturated rings. The lowest BCUT2D eigenvalue weighted by Gasteiger charge is -2.28. The normalized spacial score (nSPS) is 11.1. The fraction of sp³-hybridized carbons (Fsp3) is 0.533. The molecule has 0 heterocycles. The Morgan fingerprint density at radius 3 is 2.42 bits per heavy atom. The van der Waals surface area contributed by atoms with Crippen molar-refractivity contribution >= 4 is 6.09 Å². The van der Waals surface area contributed by atoms with E-state index in [4.69, 9.17) is 4.74 Å². The molecule has 4 heteroatoms. The highest BCUT2D eigenvalue weighted by molar-refractivity contribution is 5.67. The second-order valence-electron chi connectivity index (χ2n) is 5.39. The molecule has 0 aliphatic carbocycles. The van der Waals surface area contributed by atoms with Gasteiger partial charge in [-0.15, -0.1) is 0 Å². The first kappa shape index (κ1) is 15.3. The average molecular weight is 265 g/mol. The lowest BCUT2D eigenvalue weighted by atomic mass is 9.82. The zero-order chi connectivity index (χ0) is 14.6. The summed E-state index contributed by atoms with van der Waals surface area (Å²) in [6.07, 6.45) is -0.420. The fourth-order valence-electron chi connectivity index (χ4n) is 2.19. The van der Waals surface area contributed by atoms with E-state index in [-0.39, 0.29) is 5.41 Å². The third-order valence-corrected chi connectivity index (χ3v) is 3.21. The Bertz CT molecular complexity index is 467. The maximum atomic E-state index is 11.2. The summed E-state index contributed by atoms with van der Waals surface area (Å²) in [7, 11) is 3.03. The summed E-state index contributed by atoms with van der Waals surface area (Å²) in [5, 5.41) is 2.74. The zero-order valence-electron chi connectivity index (χ0n) is 12.6. The predicted molar refractivity (Wildman–Crippen MR) is 75.9 cm³/mol. The molecule has 0 bridgehead atoms. The fourth-order valence-corrected chi connectivity index (χ4v) is 2.19. The Labute approximate surface area is 115 Å². The van der Waals surface area contributed by atoms with Gasteiger partial charge in [0.15, 0.2) is 0 Å². The van der Waals surface area contributed by atoms with Crippen LogP contribution in [-0.2, 0) is 10.2 Å². The van der Waals surface area contributed by atoms with Crippen molar-refractivity contribution in [3.63, 3.8) is 0 Å². The second kappa shape index (κ2) is 5.95. The molecule has 0 saturated carbocycles. The summed E-state index contributed by atoms with van der Waals surface area (Å²) in [5.41, 5.74) is 3.13. The van der Waals surface area contributed by atoms with Crippen LogP contribution in [-0.4, -0.2) is 26.9 Å². The largest absolute Gasteiger partial charge is 0.496 e. The van der Waals surface area contributed by atoms with E-state index in [0.717, 1.165) is 16.9 Å².